The van der Waals surface area contributed by atoms with Crippen molar-refractivity contribution in [3.8, 4) is 0 Å². The number of phosphoric ester groups is 1. The van der Waals surface area contributed by atoms with Crippen molar-refractivity contribution in [1.82, 2.24) is 0 Å². The van der Waals surface area contributed by atoms with Crippen LogP contribution in [0.1, 0.15) is 252 Å². The maximum atomic E-state index is 12.9. The lowest BCUT2D eigenvalue weighted by Crippen LogP contribution is -2.30. The van der Waals surface area contributed by atoms with Gasteiger partial charge in [0.1, 0.15) is 12.7 Å². The molecule has 3 atom stereocenters. The summed E-state index contributed by atoms with van der Waals surface area (Å²) in [5.74, 6) is -1.49. The third kappa shape index (κ3) is 50.1. The Morgan fingerprint density at radius 1 is 0.400 bits per heavy atom. The maximum Gasteiger partial charge on any atom is 0.472 e. The number of allylic oxidation sites excluding steroid dienone is 10. The van der Waals surface area contributed by atoms with Crippen LogP contribution in [0, 0.1) is 0 Å². The van der Waals surface area contributed by atoms with Crippen LogP contribution in [-0.2, 0) is 42.2 Å². The molecule has 0 aliphatic rings. The number of aliphatic hydroxyl groups is 1. The summed E-state index contributed by atoms with van der Waals surface area (Å²) in [5, 5.41) is 9.78. The fourth-order valence-electron chi connectivity index (χ4n) is 7.51. The lowest BCUT2D eigenvalue weighted by molar-refractivity contribution is -0.161. The molecule has 0 amide bonds. The van der Waals surface area contributed by atoms with Crippen molar-refractivity contribution in [2.75, 3.05) is 26.4 Å². The van der Waals surface area contributed by atoms with E-state index in [1.165, 1.54) is 64.2 Å². The van der Waals surface area contributed by atoms with Crippen LogP contribution in [-0.4, -0.2) is 66.5 Å². The van der Waals surface area contributed by atoms with Crippen molar-refractivity contribution in [3.63, 3.8) is 0 Å². The van der Waals surface area contributed by atoms with Gasteiger partial charge in [0, 0.05) is 19.3 Å². The standard InChI is InChI=1S/C58H103O11P/c1-4-7-10-13-16-19-22-24-25-26-27-28-29-31-33-35-38-41-44-47-56(60)65-51-55(69-58(62)49-46-43-40-37-34-30-23-20-17-14-11-8-5-2)53-67-70(63,64)66-52-54(50-59)68-57(61)48-45-42-39-36-32-21-18-15-12-9-6-3/h15-16,18-20,23-25,27-28,54-55,59H,4-14,17,21-22,26,29-53H2,1-3H3,(H,63,64)/b18-15-,19-16-,23-20-,25-24-,28-27-. The Kier molecular flexibility index (Phi) is 50.4. The first kappa shape index (κ1) is 67.2. The molecule has 0 aromatic rings. The van der Waals surface area contributed by atoms with E-state index in [4.69, 9.17) is 23.3 Å². The summed E-state index contributed by atoms with van der Waals surface area (Å²) in [6.07, 6.45) is 56.1. The van der Waals surface area contributed by atoms with E-state index in [9.17, 15) is 28.9 Å². The Morgan fingerprint density at radius 3 is 1.16 bits per heavy atom. The third-order valence-electron chi connectivity index (χ3n) is 11.9. The molecule has 0 saturated heterocycles. The van der Waals surface area contributed by atoms with Gasteiger partial charge in [-0.05, 0) is 103 Å². The molecular weight excluding hydrogens is 904 g/mol. The summed E-state index contributed by atoms with van der Waals surface area (Å²) >= 11 is 0. The number of unbranched alkanes of at least 4 members (excludes halogenated alkanes) is 25. The molecule has 12 heteroatoms. The predicted molar refractivity (Wildman–Crippen MR) is 288 cm³/mol. The van der Waals surface area contributed by atoms with E-state index in [2.05, 4.69) is 81.5 Å². The van der Waals surface area contributed by atoms with Crippen LogP contribution in [0.25, 0.3) is 0 Å². The van der Waals surface area contributed by atoms with Crippen molar-refractivity contribution in [1.29, 1.82) is 0 Å². The van der Waals surface area contributed by atoms with Crippen molar-refractivity contribution < 1.29 is 52.2 Å². The number of hydrogen-bond acceptors (Lipinski definition) is 10. The molecule has 0 radical (unpaired) electrons. The minimum atomic E-state index is -4.75. The minimum absolute atomic E-state index is 0.153. The van der Waals surface area contributed by atoms with Crippen LogP contribution in [0.15, 0.2) is 60.8 Å². The number of carbonyl (C=O) groups is 3. The molecule has 406 valence electrons. The molecule has 0 spiro atoms. The van der Waals surface area contributed by atoms with Gasteiger partial charge >= 0.3 is 25.7 Å². The molecule has 2 N–H and O–H groups in total. The Labute approximate surface area is 427 Å². The highest BCUT2D eigenvalue weighted by Crippen LogP contribution is 2.43. The van der Waals surface area contributed by atoms with Crippen LogP contribution in [0.4, 0.5) is 0 Å². The van der Waals surface area contributed by atoms with Gasteiger partial charge in [-0.15, -0.1) is 0 Å². The summed E-state index contributed by atoms with van der Waals surface area (Å²) in [4.78, 5) is 48.4. The van der Waals surface area contributed by atoms with Gasteiger partial charge in [0.05, 0.1) is 19.8 Å². The summed E-state index contributed by atoms with van der Waals surface area (Å²) in [5.41, 5.74) is 0. The Bertz CT molecular complexity index is 1410. The normalized spacial score (nSPS) is 13.8. The topological polar surface area (TPSA) is 155 Å². The highest BCUT2D eigenvalue weighted by atomic mass is 31.2. The van der Waals surface area contributed by atoms with Crippen LogP contribution in [0.5, 0.6) is 0 Å². The molecule has 0 rings (SSSR count). The number of esters is 3. The van der Waals surface area contributed by atoms with Crippen molar-refractivity contribution in [2.24, 2.45) is 0 Å². The summed E-state index contributed by atoms with van der Waals surface area (Å²) in [7, 11) is -4.75. The van der Waals surface area contributed by atoms with E-state index in [1.807, 2.05) is 0 Å². The summed E-state index contributed by atoms with van der Waals surface area (Å²) in [6.45, 7) is 4.53. The number of rotatable bonds is 52. The third-order valence-corrected chi connectivity index (χ3v) is 12.8. The second kappa shape index (κ2) is 52.5. The lowest BCUT2D eigenvalue weighted by Gasteiger charge is -2.21. The smallest absolute Gasteiger partial charge is 0.462 e. The second-order valence-electron chi connectivity index (χ2n) is 18.7. The van der Waals surface area contributed by atoms with Gasteiger partial charge in [0.25, 0.3) is 0 Å². The van der Waals surface area contributed by atoms with Gasteiger partial charge in [-0.1, -0.05) is 191 Å². The molecule has 0 heterocycles. The Hall–Kier alpha value is -2.82. The van der Waals surface area contributed by atoms with Gasteiger partial charge in [0.15, 0.2) is 6.10 Å². The first-order chi connectivity index (χ1) is 34.2. The molecule has 0 aliphatic heterocycles. The zero-order valence-corrected chi connectivity index (χ0v) is 45.6. The average molecular weight is 1010 g/mol. The van der Waals surface area contributed by atoms with Crippen LogP contribution in [0.3, 0.4) is 0 Å². The summed E-state index contributed by atoms with van der Waals surface area (Å²) in [6, 6.07) is 0. The number of carbonyl (C=O) groups excluding carboxylic acids is 3. The first-order valence-corrected chi connectivity index (χ1v) is 29.7. The zero-order valence-electron chi connectivity index (χ0n) is 44.7. The highest BCUT2D eigenvalue weighted by molar-refractivity contribution is 7.47. The van der Waals surface area contributed by atoms with E-state index in [0.717, 1.165) is 128 Å². The molecule has 0 aromatic heterocycles. The number of aliphatic hydroxyl groups excluding tert-OH is 1. The lowest BCUT2D eigenvalue weighted by atomic mass is 10.1. The number of hydrogen-bond donors (Lipinski definition) is 2. The fourth-order valence-corrected chi connectivity index (χ4v) is 8.30. The molecule has 0 aromatic carbocycles. The van der Waals surface area contributed by atoms with E-state index in [-0.39, 0.29) is 25.9 Å². The van der Waals surface area contributed by atoms with E-state index in [0.29, 0.717) is 19.3 Å². The highest BCUT2D eigenvalue weighted by Gasteiger charge is 2.28. The Morgan fingerprint density at radius 2 is 0.714 bits per heavy atom. The van der Waals surface area contributed by atoms with Crippen molar-refractivity contribution >= 4 is 25.7 Å². The van der Waals surface area contributed by atoms with E-state index >= 15 is 0 Å². The SMILES string of the molecule is CCCC/C=C\CCCCCCCC(=O)OC(CO)COP(=O)(O)OCC(COC(=O)CCCCCCCC/C=C\C/C=C\C/C=C\CCCCC)OC(=O)CCCCCCC/C=C\CCCCCC. The van der Waals surface area contributed by atoms with Gasteiger partial charge in [0.2, 0.25) is 0 Å². The Balaban J connectivity index is 4.74. The maximum absolute atomic E-state index is 12.9. The predicted octanol–water partition coefficient (Wildman–Crippen LogP) is 16.4. The number of phosphoric acid groups is 1. The fraction of sp³-hybridized carbons (Fsp3) is 0.776. The van der Waals surface area contributed by atoms with Gasteiger partial charge in [-0.2, -0.15) is 0 Å². The first-order valence-electron chi connectivity index (χ1n) is 28.2. The summed E-state index contributed by atoms with van der Waals surface area (Å²) < 4.78 is 39.4. The minimum Gasteiger partial charge on any atom is -0.462 e. The van der Waals surface area contributed by atoms with Gasteiger partial charge in [-0.25, -0.2) is 4.57 Å². The largest absolute Gasteiger partial charge is 0.472 e. The molecule has 3 unspecified atom stereocenters. The molecular formula is C58H103O11P. The van der Waals surface area contributed by atoms with Gasteiger partial charge in [-0.3, -0.25) is 23.4 Å². The van der Waals surface area contributed by atoms with Crippen molar-refractivity contribution in [3.05, 3.63) is 60.8 Å². The van der Waals surface area contributed by atoms with Crippen LogP contribution in [0.2, 0.25) is 0 Å². The quantitative estimate of drug-likeness (QED) is 0.0197. The average Bonchev–Trinajstić information content (AvgIpc) is 3.35. The molecule has 0 bridgehead atoms. The molecule has 0 aliphatic carbocycles. The number of ether oxygens (including phenoxy) is 3. The molecule has 11 nitrogen and oxygen atoms in total. The molecule has 0 saturated carbocycles. The molecule has 70 heavy (non-hydrogen) atoms. The van der Waals surface area contributed by atoms with Gasteiger partial charge < -0.3 is 24.2 Å². The van der Waals surface area contributed by atoms with E-state index in [1.54, 1.807) is 0 Å². The monoisotopic (exact) mass is 1010 g/mol. The zero-order chi connectivity index (χ0) is 51.3. The van der Waals surface area contributed by atoms with E-state index < -0.39 is 57.8 Å². The van der Waals surface area contributed by atoms with Crippen LogP contribution >= 0.6 is 7.82 Å². The van der Waals surface area contributed by atoms with Crippen LogP contribution < -0.4 is 0 Å². The van der Waals surface area contributed by atoms with Crippen molar-refractivity contribution in [2.45, 2.75) is 264 Å². The second-order valence-corrected chi connectivity index (χ2v) is 20.2. The molecule has 0 fully saturated rings.